The zero-order valence-corrected chi connectivity index (χ0v) is 10.1. The van der Waals surface area contributed by atoms with Crippen LogP contribution in [0.5, 0.6) is 5.75 Å². The number of alkyl halides is 1. The molecule has 3 nitrogen and oxygen atoms in total. The van der Waals surface area contributed by atoms with E-state index in [4.69, 9.17) is 10.5 Å². The molecule has 0 radical (unpaired) electrons. The van der Waals surface area contributed by atoms with Gasteiger partial charge in [-0.1, -0.05) is 12.1 Å². The van der Waals surface area contributed by atoms with Crippen molar-refractivity contribution in [3.63, 3.8) is 0 Å². The average Bonchev–Trinajstić information content (AvgIpc) is 2.28. The van der Waals surface area contributed by atoms with E-state index in [1.54, 1.807) is 7.11 Å². The van der Waals surface area contributed by atoms with Gasteiger partial charge in [0.05, 0.1) is 7.11 Å². The number of hydrogen-bond acceptors (Lipinski definition) is 3. The Morgan fingerprint density at radius 2 is 2.06 bits per heavy atom. The monoisotopic (exact) mass is 238 g/mol. The summed E-state index contributed by atoms with van der Waals surface area (Å²) in [5.41, 5.74) is 6.97. The summed E-state index contributed by atoms with van der Waals surface area (Å²) in [5.74, 6) is 0.840. The van der Waals surface area contributed by atoms with Crippen molar-refractivity contribution >= 4 is 0 Å². The minimum Gasteiger partial charge on any atom is -0.497 e. The predicted molar refractivity (Wildman–Crippen MR) is 65.8 cm³/mol. The molecule has 0 aromatic heterocycles. The quantitative estimate of drug-likeness (QED) is 0.868. The zero-order chi connectivity index (χ0) is 12.3. The van der Waals surface area contributed by atoms with Crippen molar-refractivity contribution < 1.29 is 9.13 Å². The molecule has 17 heavy (non-hydrogen) atoms. The Bertz CT molecular complexity index is 345. The van der Waals surface area contributed by atoms with Crippen LogP contribution in [0.2, 0.25) is 0 Å². The van der Waals surface area contributed by atoms with Gasteiger partial charge in [0, 0.05) is 25.7 Å². The second-order valence-electron chi connectivity index (χ2n) is 4.64. The molecule has 1 aliphatic rings. The van der Waals surface area contributed by atoms with Crippen LogP contribution >= 0.6 is 0 Å². The minimum absolute atomic E-state index is 0.0444. The van der Waals surface area contributed by atoms with E-state index in [-0.39, 0.29) is 6.04 Å². The van der Waals surface area contributed by atoms with Gasteiger partial charge in [-0.15, -0.1) is 0 Å². The predicted octanol–water partition coefficient (Wildman–Crippen LogP) is 1.57. The van der Waals surface area contributed by atoms with Crippen LogP contribution in [-0.4, -0.2) is 37.3 Å². The fourth-order valence-electron chi connectivity index (χ4n) is 2.28. The van der Waals surface area contributed by atoms with Crippen LogP contribution in [0.3, 0.4) is 0 Å². The highest BCUT2D eigenvalue weighted by molar-refractivity contribution is 5.27. The number of piperidine rings is 1. The van der Waals surface area contributed by atoms with Gasteiger partial charge < -0.3 is 10.5 Å². The molecule has 2 atom stereocenters. The Morgan fingerprint density at radius 1 is 1.35 bits per heavy atom. The number of hydrogen-bond donors (Lipinski definition) is 1. The van der Waals surface area contributed by atoms with Gasteiger partial charge in [-0.25, -0.2) is 4.39 Å². The van der Waals surface area contributed by atoms with Crippen LogP contribution in [0.25, 0.3) is 0 Å². The lowest BCUT2D eigenvalue weighted by Gasteiger charge is -2.32. The number of halogens is 1. The van der Waals surface area contributed by atoms with E-state index in [9.17, 15) is 4.39 Å². The Kier molecular flexibility index (Phi) is 3.97. The summed E-state index contributed by atoms with van der Waals surface area (Å²) in [6, 6.07) is 7.81. The number of methoxy groups -OCH3 is 1. The van der Waals surface area contributed by atoms with E-state index in [1.807, 2.05) is 24.3 Å². The number of likely N-dealkylation sites (tertiary alicyclic amines) is 1. The van der Waals surface area contributed by atoms with Crippen molar-refractivity contribution in [2.75, 3.05) is 20.2 Å². The van der Waals surface area contributed by atoms with Gasteiger partial charge in [-0.3, -0.25) is 4.90 Å². The van der Waals surface area contributed by atoms with Crippen molar-refractivity contribution in [2.24, 2.45) is 5.73 Å². The number of nitrogens with zero attached hydrogens (tertiary/aromatic N) is 1. The van der Waals surface area contributed by atoms with Gasteiger partial charge >= 0.3 is 0 Å². The maximum atomic E-state index is 13.4. The highest BCUT2D eigenvalue weighted by atomic mass is 19.1. The lowest BCUT2D eigenvalue weighted by molar-refractivity contribution is 0.118. The molecule has 2 rings (SSSR count). The first-order valence-electron chi connectivity index (χ1n) is 5.92. The smallest absolute Gasteiger partial charge is 0.118 e. The van der Waals surface area contributed by atoms with Gasteiger partial charge in [0.1, 0.15) is 11.9 Å². The van der Waals surface area contributed by atoms with Crippen molar-refractivity contribution in [3.05, 3.63) is 29.8 Å². The van der Waals surface area contributed by atoms with E-state index < -0.39 is 6.17 Å². The summed E-state index contributed by atoms with van der Waals surface area (Å²) in [4.78, 5) is 2.07. The van der Waals surface area contributed by atoms with Gasteiger partial charge in [-0.2, -0.15) is 0 Å². The Labute approximate surface area is 101 Å². The van der Waals surface area contributed by atoms with Gasteiger partial charge in [-0.05, 0) is 24.1 Å². The Balaban J connectivity index is 1.95. The summed E-state index contributed by atoms with van der Waals surface area (Å²) in [7, 11) is 1.65. The van der Waals surface area contributed by atoms with Crippen LogP contribution in [0.15, 0.2) is 24.3 Å². The Morgan fingerprint density at radius 3 is 2.65 bits per heavy atom. The standard InChI is InChI=1S/C13H19FN2O/c1-17-13-4-2-10(3-5-13)7-16-8-11(14)6-12(15)9-16/h2-5,11-12H,6-9,15H2,1H3. The maximum Gasteiger partial charge on any atom is 0.118 e. The maximum absolute atomic E-state index is 13.4. The molecule has 94 valence electrons. The SMILES string of the molecule is COc1ccc(CN2CC(N)CC(F)C2)cc1. The van der Waals surface area contributed by atoms with Crippen molar-refractivity contribution in [1.82, 2.24) is 4.90 Å². The van der Waals surface area contributed by atoms with E-state index >= 15 is 0 Å². The summed E-state index contributed by atoms with van der Waals surface area (Å²) in [6.07, 6.45) is -0.309. The molecule has 1 saturated heterocycles. The average molecular weight is 238 g/mol. The molecular formula is C13H19FN2O. The molecule has 2 unspecified atom stereocenters. The lowest BCUT2D eigenvalue weighted by Crippen LogP contribution is -2.47. The summed E-state index contributed by atoms with van der Waals surface area (Å²) < 4.78 is 18.5. The third-order valence-electron chi connectivity index (χ3n) is 3.07. The molecular weight excluding hydrogens is 219 g/mol. The van der Waals surface area contributed by atoms with Crippen molar-refractivity contribution in [2.45, 2.75) is 25.2 Å². The highest BCUT2D eigenvalue weighted by Gasteiger charge is 2.24. The van der Waals surface area contributed by atoms with Crippen molar-refractivity contribution in [3.8, 4) is 5.75 Å². The molecule has 0 aliphatic carbocycles. The first-order valence-corrected chi connectivity index (χ1v) is 5.92. The fraction of sp³-hybridized carbons (Fsp3) is 0.538. The summed E-state index contributed by atoms with van der Waals surface area (Å²) in [5, 5.41) is 0. The largest absolute Gasteiger partial charge is 0.497 e. The molecule has 1 aromatic carbocycles. The third-order valence-corrected chi connectivity index (χ3v) is 3.07. The molecule has 1 aliphatic heterocycles. The number of nitrogens with two attached hydrogens (primary N) is 1. The van der Waals surface area contributed by atoms with Crippen LogP contribution in [-0.2, 0) is 6.54 Å². The summed E-state index contributed by atoms with van der Waals surface area (Å²) >= 11 is 0. The van der Waals surface area contributed by atoms with Gasteiger partial charge in [0.2, 0.25) is 0 Å². The number of benzene rings is 1. The third kappa shape index (κ3) is 3.41. The van der Waals surface area contributed by atoms with E-state index in [1.165, 1.54) is 0 Å². The second kappa shape index (κ2) is 5.47. The topological polar surface area (TPSA) is 38.5 Å². The zero-order valence-electron chi connectivity index (χ0n) is 10.1. The normalized spacial score (nSPS) is 25.8. The first kappa shape index (κ1) is 12.3. The molecule has 0 spiro atoms. The Hall–Kier alpha value is -1.13. The number of ether oxygens (including phenoxy) is 1. The molecule has 0 amide bonds. The van der Waals surface area contributed by atoms with Crippen LogP contribution in [0.1, 0.15) is 12.0 Å². The molecule has 0 saturated carbocycles. The van der Waals surface area contributed by atoms with Crippen LogP contribution in [0, 0.1) is 0 Å². The van der Waals surface area contributed by atoms with Gasteiger partial charge in [0.15, 0.2) is 0 Å². The van der Waals surface area contributed by atoms with Crippen LogP contribution in [0.4, 0.5) is 4.39 Å². The fourth-order valence-corrected chi connectivity index (χ4v) is 2.28. The van der Waals surface area contributed by atoms with Gasteiger partial charge in [0.25, 0.3) is 0 Å². The van der Waals surface area contributed by atoms with E-state index in [0.717, 1.165) is 24.4 Å². The number of rotatable bonds is 3. The summed E-state index contributed by atoms with van der Waals surface area (Å²) in [6.45, 7) is 2.00. The minimum atomic E-state index is -0.794. The molecule has 0 bridgehead atoms. The van der Waals surface area contributed by atoms with Crippen LogP contribution < -0.4 is 10.5 Å². The molecule has 1 heterocycles. The van der Waals surface area contributed by atoms with E-state index in [0.29, 0.717) is 13.0 Å². The first-order chi connectivity index (χ1) is 8.17. The second-order valence-corrected chi connectivity index (χ2v) is 4.64. The molecule has 1 fully saturated rings. The molecule has 2 N–H and O–H groups in total. The van der Waals surface area contributed by atoms with E-state index in [2.05, 4.69) is 4.90 Å². The highest BCUT2D eigenvalue weighted by Crippen LogP contribution is 2.17. The van der Waals surface area contributed by atoms with Crippen molar-refractivity contribution in [1.29, 1.82) is 0 Å². The molecule has 1 aromatic rings. The molecule has 4 heteroatoms. The lowest BCUT2D eigenvalue weighted by atomic mass is 10.0.